The fraction of sp³-hybridized carbons (Fsp3) is 0.714. The van der Waals surface area contributed by atoms with Gasteiger partial charge in [-0.15, -0.1) is 11.3 Å². The summed E-state index contributed by atoms with van der Waals surface area (Å²) in [7, 11) is 2.19. The summed E-state index contributed by atoms with van der Waals surface area (Å²) in [5.41, 5.74) is 5.96. The van der Waals surface area contributed by atoms with Crippen LogP contribution in [-0.4, -0.2) is 24.5 Å². The van der Waals surface area contributed by atoms with Crippen LogP contribution in [0.25, 0.3) is 0 Å². The van der Waals surface area contributed by atoms with E-state index in [-0.39, 0.29) is 0 Å². The van der Waals surface area contributed by atoms with E-state index in [2.05, 4.69) is 51.8 Å². The molecule has 1 aromatic rings. The lowest BCUT2D eigenvalue weighted by atomic mass is 10.0. The molecule has 0 aliphatic heterocycles. The molecule has 98 valence electrons. The summed E-state index contributed by atoms with van der Waals surface area (Å²) in [6.07, 6.45) is 1.12. The molecule has 0 saturated carbocycles. The van der Waals surface area contributed by atoms with E-state index >= 15 is 0 Å². The quantitative estimate of drug-likeness (QED) is 0.844. The first-order chi connectivity index (χ1) is 8.01. The molecule has 1 rings (SSSR count). The number of hydrogen-bond donors (Lipinski definition) is 1. The summed E-state index contributed by atoms with van der Waals surface area (Å²) < 4.78 is 0. The molecule has 1 aromatic heterocycles. The monoisotopic (exact) mass is 254 g/mol. The lowest BCUT2D eigenvalue weighted by Gasteiger charge is -2.34. The van der Waals surface area contributed by atoms with Crippen LogP contribution in [-0.2, 0) is 6.42 Å². The van der Waals surface area contributed by atoms with E-state index in [4.69, 9.17) is 5.73 Å². The van der Waals surface area contributed by atoms with Crippen LogP contribution in [0.2, 0.25) is 0 Å². The zero-order valence-corrected chi connectivity index (χ0v) is 12.6. The van der Waals surface area contributed by atoms with Gasteiger partial charge in [-0.3, -0.25) is 4.90 Å². The molecule has 2 atom stereocenters. The number of rotatable bonds is 6. The van der Waals surface area contributed by atoms with Gasteiger partial charge in [-0.2, -0.15) is 0 Å². The van der Waals surface area contributed by atoms with Crippen LogP contribution in [0.4, 0.5) is 0 Å². The van der Waals surface area contributed by atoms with Crippen molar-refractivity contribution in [2.45, 2.75) is 46.2 Å². The van der Waals surface area contributed by atoms with Crippen LogP contribution < -0.4 is 5.73 Å². The molecular weight excluding hydrogens is 228 g/mol. The third kappa shape index (κ3) is 3.54. The zero-order valence-electron chi connectivity index (χ0n) is 11.7. The SMILES string of the molecule is CCc1ccc(C(CN)N(C)C(C)C(C)C)s1. The molecule has 3 heteroatoms. The number of nitrogens with two attached hydrogens (primary N) is 1. The summed E-state index contributed by atoms with van der Waals surface area (Å²) in [5.74, 6) is 0.652. The van der Waals surface area contributed by atoms with Crippen molar-refractivity contribution in [3.63, 3.8) is 0 Å². The highest BCUT2D eigenvalue weighted by Gasteiger charge is 2.23. The maximum absolute atomic E-state index is 5.96. The van der Waals surface area contributed by atoms with E-state index in [9.17, 15) is 0 Å². The highest BCUT2D eigenvalue weighted by molar-refractivity contribution is 7.12. The van der Waals surface area contributed by atoms with Crippen molar-refractivity contribution in [3.8, 4) is 0 Å². The molecule has 0 amide bonds. The van der Waals surface area contributed by atoms with Gasteiger partial charge in [0, 0.05) is 22.3 Å². The van der Waals surface area contributed by atoms with Crippen LogP contribution in [0, 0.1) is 5.92 Å². The van der Waals surface area contributed by atoms with E-state index in [0.717, 1.165) is 6.42 Å². The summed E-state index contributed by atoms with van der Waals surface area (Å²) in [6.45, 7) is 9.70. The smallest absolute Gasteiger partial charge is 0.0564 e. The maximum atomic E-state index is 5.96. The van der Waals surface area contributed by atoms with Gasteiger partial charge in [-0.05, 0) is 38.4 Å². The maximum Gasteiger partial charge on any atom is 0.0564 e. The van der Waals surface area contributed by atoms with E-state index < -0.39 is 0 Å². The minimum absolute atomic E-state index is 0.359. The molecule has 1 heterocycles. The predicted octanol–water partition coefficient (Wildman–Crippen LogP) is 3.29. The Balaban J connectivity index is 2.83. The van der Waals surface area contributed by atoms with Crippen LogP contribution in [0.15, 0.2) is 12.1 Å². The standard InChI is InChI=1S/C14H26N2S/c1-6-12-7-8-14(17-12)13(9-15)16(5)11(4)10(2)3/h7-8,10-11,13H,6,9,15H2,1-5H3. The Kier molecular flexibility index (Phi) is 5.63. The van der Waals surface area contributed by atoms with Crippen molar-refractivity contribution in [3.05, 3.63) is 21.9 Å². The lowest BCUT2D eigenvalue weighted by Crippen LogP contribution is -2.39. The first-order valence-electron chi connectivity index (χ1n) is 6.51. The highest BCUT2D eigenvalue weighted by Crippen LogP contribution is 2.29. The fourth-order valence-corrected chi connectivity index (χ4v) is 3.12. The van der Waals surface area contributed by atoms with E-state index in [1.165, 1.54) is 9.75 Å². The second-order valence-corrected chi connectivity index (χ2v) is 6.26. The van der Waals surface area contributed by atoms with Gasteiger partial charge in [-0.25, -0.2) is 0 Å². The van der Waals surface area contributed by atoms with Gasteiger partial charge in [0.05, 0.1) is 6.04 Å². The average molecular weight is 254 g/mol. The Bertz CT molecular complexity index is 333. The van der Waals surface area contributed by atoms with Crippen molar-refractivity contribution in [1.82, 2.24) is 4.90 Å². The largest absolute Gasteiger partial charge is 0.329 e. The fourth-order valence-electron chi connectivity index (χ4n) is 2.00. The normalized spacial score (nSPS) is 15.5. The summed E-state index contributed by atoms with van der Waals surface area (Å²) in [5, 5.41) is 0. The molecule has 2 unspecified atom stereocenters. The van der Waals surface area contributed by atoms with Gasteiger partial charge in [0.25, 0.3) is 0 Å². The van der Waals surface area contributed by atoms with E-state index in [0.29, 0.717) is 24.5 Å². The van der Waals surface area contributed by atoms with Crippen molar-refractivity contribution in [2.24, 2.45) is 11.7 Å². The number of likely N-dealkylation sites (N-methyl/N-ethyl adjacent to an activating group) is 1. The Morgan fingerprint density at radius 1 is 1.29 bits per heavy atom. The van der Waals surface area contributed by atoms with E-state index in [1.54, 1.807) is 0 Å². The zero-order chi connectivity index (χ0) is 13.0. The molecule has 0 saturated heterocycles. The number of hydrogen-bond acceptors (Lipinski definition) is 3. The minimum Gasteiger partial charge on any atom is -0.329 e. The predicted molar refractivity (Wildman–Crippen MR) is 77.6 cm³/mol. The minimum atomic E-state index is 0.359. The third-order valence-electron chi connectivity index (χ3n) is 3.68. The Labute approximate surface area is 110 Å². The van der Waals surface area contributed by atoms with Crippen molar-refractivity contribution >= 4 is 11.3 Å². The van der Waals surface area contributed by atoms with Crippen molar-refractivity contribution in [2.75, 3.05) is 13.6 Å². The number of aryl methyl sites for hydroxylation is 1. The highest BCUT2D eigenvalue weighted by atomic mass is 32.1. The Morgan fingerprint density at radius 2 is 1.94 bits per heavy atom. The second kappa shape index (κ2) is 6.53. The van der Waals surface area contributed by atoms with Gasteiger partial charge < -0.3 is 5.73 Å². The van der Waals surface area contributed by atoms with Crippen LogP contribution >= 0.6 is 11.3 Å². The molecule has 0 bridgehead atoms. The van der Waals surface area contributed by atoms with Gasteiger partial charge in [-0.1, -0.05) is 20.8 Å². The molecular formula is C14H26N2S. The summed E-state index contributed by atoms with van der Waals surface area (Å²) in [4.78, 5) is 5.26. The third-order valence-corrected chi connectivity index (χ3v) is 5.01. The Hall–Kier alpha value is -0.380. The molecule has 2 nitrogen and oxygen atoms in total. The first-order valence-corrected chi connectivity index (χ1v) is 7.33. The molecule has 2 N–H and O–H groups in total. The van der Waals surface area contributed by atoms with Crippen molar-refractivity contribution < 1.29 is 0 Å². The molecule has 0 fully saturated rings. The van der Waals surface area contributed by atoms with Gasteiger partial charge in [0.15, 0.2) is 0 Å². The van der Waals surface area contributed by atoms with Crippen LogP contribution in [0.5, 0.6) is 0 Å². The molecule has 0 aliphatic rings. The second-order valence-electron chi connectivity index (χ2n) is 5.06. The lowest BCUT2D eigenvalue weighted by molar-refractivity contribution is 0.154. The molecule has 0 aromatic carbocycles. The summed E-state index contributed by atoms with van der Waals surface area (Å²) >= 11 is 1.90. The van der Waals surface area contributed by atoms with E-state index in [1.807, 2.05) is 11.3 Å². The van der Waals surface area contributed by atoms with Gasteiger partial charge in [0.2, 0.25) is 0 Å². The molecule has 17 heavy (non-hydrogen) atoms. The Morgan fingerprint density at radius 3 is 2.35 bits per heavy atom. The first kappa shape index (κ1) is 14.7. The number of thiophene rings is 1. The number of nitrogens with zero attached hydrogens (tertiary/aromatic N) is 1. The average Bonchev–Trinajstić information content (AvgIpc) is 2.77. The van der Waals surface area contributed by atoms with Gasteiger partial charge >= 0.3 is 0 Å². The molecule has 0 radical (unpaired) electrons. The summed E-state index contributed by atoms with van der Waals surface area (Å²) in [6, 6.07) is 5.38. The van der Waals surface area contributed by atoms with Crippen LogP contribution in [0.3, 0.4) is 0 Å². The topological polar surface area (TPSA) is 29.3 Å². The van der Waals surface area contributed by atoms with Gasteiger partial charge in [0.1, 0.15) is 0 Å². The molecule has 0 spiro atoms. The van der Waals surface area contributed by atoms with Crippen LogP contribution in [0.1, 0.15) is 43.5 Å². The molecule has 0 aliphatic carbocycles. The van der Waals surface area contributed by atoms with Crippen molar-refractivity contribution in [1.29, 1.82) is 0 Å².